The largest absolute Gasteiger partial charge is 0.346 e. The van der Waals surface area contributed by atoms with E-state index in [1.165, 1.54) is 22.4 Å². The highest BCUT2D eigenvalue weighted by Crippen LogP contribution is 2.16. The predicted molar refractivity (Wildman–Crippen MR) is 72.2 cm³/mol. The molecule has 0 aliphatic carbocycles. The van der Waals surface area contributed by atoms with E-state index in [1.54, 1.807) is 0 Å². The van der Waals surface area contributed by atoms with Gasteiger partial charge in [-0.25, -0.2) is 0 Å². The zero-order valence-corrected chi connectivity index (χ0v) is 10.8. The van der Waals surface area contributed by atoms with Gasteiger partial charge in [0.15, 0.2) is 0 Å². The molecular weight excluding hydrogens is 208 g/mol. The maximum atomic E-state index is 3.20. The molecule has 2 nitrogen and oxygen atoms in total. The van der Waals surface area contributed by atoms with Crippen molar-refractivity contribution in [2.45, 2.75) is 26.9 Å². The lowest BCUT2D eigenvalue weighted by Gasteiger charge is -2.13. The van der Waals surface area contributed by atoms with Crippen LogP contribution in [-0.2, 0) is 13.1 Å². The fraction of sp³-hybridized carbons (Fsp3) is 0.333. The summed E-state index contributed by atoms with van der Waals surface area (Å²) < 4.78 is 2.31. The molecule has 2 heteroatoms. The molecule has 17 heavy (non-hydrogen) atoms. The third-order valence-electron chi connectivity index (χ3n) is 3.25. The molecule has 1 heterocycles. The lowest BCUT2D eigenvalue weighted by atomic mass is 10.0. The van der Waals surface area contributed by atoms with Crippen molar-refractivity contribution in [3.63, 3.8) is 0 Å². The zero-order chi connectivity index (χ0) is 12.3. The van der Waals surface area contributed by atoms with Gasteiger partial charge in [0.25, 0.3) is 0 Å². The number of aryl methyl sites for hydroxylation is 2. The third-order valence-corrected chi connectivity index (χ3v) is 3.25. The molecule has 0 aliphatic heterocycles. The topological polar surface area (TPSA) is 17.0 Å². The average Bonchev–Trinajstić information content (AvgIpc) is 2.72. The Hall–Kier alpha value is -1.54. The van der Waals surface area contributed by atoms with Gasteiger partial charge in [-0.15, -0.1) is 0 Å². The van der Waals surface area contributed by atoms with Crippen LogP contribution in [0.25, 0.3) is 0 Å². The summed E-state index contributed by atoms with van der Waals surface area (Å²) in [6.45, 7) is 6.24. The molecule has 2 rings (SSSR count). The van der Waals surface area contributed by atoms with Crippen molar-refractivity contribution in [2.75, 3.05) is 7.05 Å². The van der Waals surface area contributed by atoms with Crippen molar-refractivity contribution in [2.24, 2.45) is 0 Å². The van der Waals surface area contributed by atoms with Gasteiger partial charge in [-0.3, -0.25) is 0 Å². The Bertz CT molecular complexity index is 477. The fourth-order valence-electron chi connectivity index (χ4n) is 2.21. The molecule has 2 aromatic rings. The minimum atomic E-state index is 0.915. The molecule has 1 aromatic carbocycles. The van der Waals surface area contributed by atoms with Crippen molar-refractivity contribution in [3.05, 3.63) is 58.9 Å². The van der Waals surface area contributed by atoms with E-state index >= 15 is 0 Å². The molecule has 0 spiro atoms. The SMILES string of the molecule is CNCc1cccn1Cc1c(C)cccc1C. The minimum absolute atomic E-state index is 0.915. The van der Waals surface area contributed by atoms with Crippen LogP contribution >= 0.6 is 0 Å². The number of hydrogen-bond donors (Lipinski definition) is 1. The molecule has 0 saturated heterocycles. The summed E-state index contributed by atoms with van der Waals surface area (Å²) in [5.41, 5.74) is 5.50. The van der Waals surface area contributed by atoms with Crippen LogP contribution in [0.2, 0.25) is 0 Å². The lowest BCUT2D eigenvalue weighted by molar-refractivity contribution is 0.690. The second kappa shape index (κ2) is 5.19. The lowest BCUT2D eigenvalue weighted by Crippen LogP contribution is -2.12. The van der Waals surface area contributed by atoms with Crippen LogP contribution in [0.4, 0.5) is 0 Å². The van der Waals surface area contributed by atoms with Crippen molar-refractivity contribution >= 4 is 0 Å². The van der Waals surface area contributed by atoms with Crippen LogP contribution < -0.4 is 5.32 Å². The number of nitrogens with one attached hydrogen (secondary N) is 1. The first-order valence-corrected chi connectivity index (χ1v) is 6.06. The van der Waals surface area contributed by atoms with Crippen molar-refractivity contribution < 1.29 is 0 Å². The normalized spacial score (nSPS) is 10.8. The second-order valence-electron chi connectivity index (χ2n) is 4.53. The first kappa shape index (κ1) is 11.9. The van der Waals surface area contributed by atoms with Gasteiger partial charge in [0.2, 0.25) is 0 Å². The Morgan fingerprint density at radius 3 is 2.41 bits per heavy atom. The van der Waals surface area contributed by atoms with E-state index in [0.29, 0.717) is 0 Å². The monoisotopic (exact) mass is 228 g/mol. The molecule has 0 amide bonds. The quantitative estimate of drug-likeness (QED) is 0.851. The van der Waals surface area contributed by atoms with E-state index < -0.39 is 0 Å². The smallest absolute Gasteiger partial charge is 0.0478 e. The Kier molecular flexibility index (Phi) is 3.64. The fourth-order valence-corrected chi connectivity index (χ4v) is 2.21. The highest BCUT2D eigenvalue weighted by Gasteiger charge is 2.05. The number of benzene rings is 1. The molecular formula is C15H20N2. The van der Waals surface area contributed by atoms with Crippen LogP contribution in [0.3, 0.4) is 0 Å². The highest BCUT2D eigenvalue weighted by atomic mass is 15.0. The van der Waals surface area contributed by atoms with E-state index in [0.717, 1.165) is 13.1 Å². The van der Waals surface area contributed by atoms with Gasteiger partial charge in [0, 0.05) is 25.0 Å². The van der Waals surface area contributed by atoms with Gasteiger partial charge in [0.1, 0.15) is 0 Å². The van der Waals surface area contributed by atoms with E-state index in [-0.39, 0.29) is 0 Å². The van der Waals surface area contributed by atoms with Crippen molar-refractivity contribution in [3.8, 4) is 0 Å². The summed E-state index contributed by atoms with van der Waals surface area (Å²) in [7, 11) is 1.98. The van der Waals surface area contributed by atoms with Crippen LogP contribution in [0.15, 0.2) is 36.5 Å². The van der Waals surface area contributed by atoms with Crippen LogP contribution in [0.1, 0.15) is 22.4 Å². The molecule has 90 valence electrons. The second-order valence-corrected chi connectivity index (χ2v) is 4.53. The maximum absolute atomic E-state index is 3.20. The third kappa shape index (κ3) is 2.59. The highest BCUT2D eigenvalue weighted by molar-refractivity contribution is 5.34. The number of aromatic nitrogens is 1. The molecule has 1 aromatic heterocycles. The Balaban J connectivity index is 2.28. The van der Waals surface area contributed by atoms with E-state index in [4.69, 9.17) is 0 Å². The van der Waals surface area contributed by atoms with Crippen LogP contribution in [-0.4, -0.2) is 11.6 Å². The molecule has 0 unspecified atom stereocenters. The van der Waals surface area contributed by atoms with Crippen LogP contribution in [0.5, 0.6) is 0 Å². The van der Waals surface area contributed by atoms with Crippen LogP contribution in [0, 0.1) is 13.8 Å². The summed E-state index contributed by atoms with van der Waals surface area (Å²) in [4.78, 5) is 0. The average molecular weight is 228 g/mol. The number of rotatable bonds is 4. The van der Waals surface area contributed by atoms with Gasteiger partial charge in [-0.1, -0.05) is 18.2 Å². The summed E-state index contributed by atoms with van der Waals surface area (Å²) in [6.07, 6.45) is 2.15. The van der Waals surface area contributed by atoms with Gasteiger partial charge < -0.3 is 9.88 Å². The van der Waals surface area contributed by atoms with Gasteiger partial charge in [-0.2, -0.15) is 0 Å². The van der Waals surface area contributed by atoms with Gasteiger partial charge in [-0.05, 0) is 49.7 Å². The van der Waals surface area contributed by atoms with Gasteiger partial charge >= 0.3 is 0 Å². The van der Waals surface area contributed by atoms with E-state index in [2.05, 4.69) is 60.3 Å². The summed E-state index contributed by atoms with van der Waals surface area (Å²) in [5.74, 6) is 0. The maximum Gasteiger partial charge on any atom is 0.0478 e. The van der Waals surface area contributed by atoms with E-state index in [1.807, 2.05) is 7.05 Å². The first-order valence-electron chi connectivity index (χ1n) is 6.06. The molecule has 0 fully saturated rings. The van der Waals surface area contributed by atoms with Crippen molar-refractivity contribution in [1.82, 2.24) is 9.88 Å². The molecule has 0 bridgehead atoms. The Morgan fingerprint density at radius 2 is 1.76 bits per heavy atom. The van der Waals surface area contributed by atoms with Gasteiger partial charge in [0.05, 0.1) is 0 Å². The van der Waals surface area contributed by atoms with E-state index in [9.17, 15) is 0 Å². The first-order chi connectivity index (χ1) is 8.22. The molecule has 0 atom stereocenters. The minimum Gasteiger partial charge on any atom is -0.346 e. The summed E-state index contributed by atoms with van der Waals surface area (Å²) >= 11 is 0. The molecule has 0 aliphatic rings. The predicted octanol–water partition coefficient (Wildman–Crippen LogP) is 2.87. The summed E-state index contributed by atoms with van der Waals surface area (Å²) in [5, 5.41) is 3.20. The molecule has 0 radical (unpaired) electrons. The molecule has 1 N–H and O–H groups in total. The zero-order valence-electron chi connectivity index (χ0n) is 10.8. The Labute approximate surface area is 103 Å². The standard InChI is InChI=1S/C15H20N2/c1-12-6-4-7-13(2)15(12)11-17-9-5-8-14(17)10-16-3/h4-9,16H,10-11H2,1-3H3. The number of hydrogen-bond acceptors (Lipinski definition) is 1. The number of nitrogens with zero attached hydrogens (tertiary/aromatic N) is 1. The summed E-state index contributed by atoms with van der Waals surface area (Å²) in [6, 6.07) is 10.8. The molecule has 0 saturated carbocycles. The van der Waals surface area contributed by atoms with Crippen molar-refractivity contribution in [1.29, 1.82) is 0 Å². The Morgan fingerprint density at radius 1 is 1.06 bits per heavy atom.